The molecule has 6 heteroatoms. The van der Waals surface area contributed by atoms with Gasteiger partial charge in [-0.05, 0) is 49.7 Å². The van der Waals surface area contributed by atoms with Gasteiger partial charge in [0, 0.05) is 24.2 Å². The topological polar surface area (TPSA) is 25.2 Å². The van der Waals surface area contributed by atoms with E-state index in [9.17, 15) is 9.18 Å². The van der Waals surface area contributed by atoms with Crippen molar-refractivity contribution < 1.29 is 9.18 Å². The molecule has 3 rings (SSSR count). The summed E-state index contributed by atoms with van der Waals surface area (Å²) in [4.78, 5) is 14.3. The molecular weight excluding hydrogens is 362 g/mol. The van der Waals surface area contributed by atoms with Gasteiger partial charge in [-0.3, -0.25) is 4.79 Å². The maximum absolute atomic E-state index is 14.2. The molecular formula is C19H17Cl2FN2O. The van der Waals surface area contributed by atoms with Gasteiger partial charge in [-0.2, -0.15) is 0 Å². The number of fused-ring (bicyclic) bond motifs is 1. The van der Waals surface area contributed by atoms with Gasteiger partial charge in [-0.1, -0.05) is 29.8 Å². The molecule has 3 aromatic rings. The van der Waals surface area contributed by atoms with E-state index in [0.29, 0.717) is 35.4 Å². The summed E-state index contributed by atoms with van der Waals surface area (Å²) in [6.07, 6.45) is 0. The Hall–Kier alpha value is -2.04. The minimum Gasteiger partial charge on any atom is -0.370 e. The van der Waals surface area contributed by atoms with Gasteiger partial charge in [0.25, 0.3) is 5.24 Å². The van der Waals surface area contributed by atoms with Crippen molar-refractivity contribution in [1.29, 1.82) is 0 Å². The first-order chi connectivity index (χ1) is 12.0. The molecule has 0 amide bonds. The van der Waals surface area contributed by atoms with Gasteiger partial charge in [0.1, 0.15) is 11.5 Å². The lowest BCUT2D eigenvalue weighted by atomic mass is 10.2. The number of hydrogen-bond donors (Lipinski definition) is 0. The number of anilines is 1. The molecule has 25 heavy (non-hydrogen) atoms. The normalized spacial score (nSPS) is 11.1. The Kier molecular flexibility index (Phi) is 5.02. The minimum absolute atomic E-state index is 0.00171. The van der Waals surface area contributed by atoms with E-state index in [-0.39, 0.29) is 5.02 Å². The Morgan fingerprint density at radius 2 is 1.80 bits per heavy atom. The lowest BCUT2D eigenvalue weighted by molar-refractivity contribution is 0.107. The van der Waals surface area contributed by atoms with Crippen LogP contribution in [0.2, 0.25) is 5.02 Å². The summed E-state index contributed by atoms with van der Waals surface area (Å²) >= 11 is 12.0. The quantitative estimate of drug-likeness (QED) is 0.536. The summed E-state index contributed by atoms with van der Waals surface area (Å²) in [5.74, 6) is -0.527. The van der Waals surface area contributed by atoms with Crippen LogP contribution in [0, 0.1) is 5.82 Å². The predicted molar refractivity (Wildman–Crippen MR) is 102 cm³/mol. The van der Waals surface area contributed by atoms with E-state index in [2.05, 4.69) is 0 Å². The zero-order valence-corrected chi connectivity index (χ0v) is 15.4. The van der Waals surface area contributed by atoms with Crippen molar-refractivity contribution in [3.05, 3.63) is 59.0 Å². The number of para-hydroxylation sites is 1. The van der Waals surface area contributed by atoms with Crippen molar-refractivity contribution in [2.75, 3.05) is 18.0 Å². The molecule has 0 radical (unpaired) electrons. The fourth-order valence-corrected chi connectivity index (χ4v) is 3.48. The van der Waals surface area contributed by atoms with Crippen LogP contribution in [-0.2, 0) is 0 Å². The molecule has 0 bridgehead atoms. The van der Waals surface area contributed by atoms with Crippen LogP contribution in [0.1, 0.15) is 24.3 Å². The molecule has 0 N–H and O–H groups in total. The monoisotopic (exact) mass is 378 g/mol. The summed E-state index contributed by atoms with van der Waals surface area (Å²) < 4.78 is 15.9. The first kappa shape index (κ1) is 17.8. The fourth-order valence-electron chi connectivity index (χ4n) is 3.15. The first-order valence-electron chi connectivity index (χ1n) is 8.03. The Bertz CT molecular complexity index is 934. The van der Waals surface area contributed by atoms with Crippen LogP contribution in [0.15, 0.2) is 42.5 Å². The third-order valence-electron chi connectivity index (χ3n) is 4.26. The second kappa shape index (κ2) is 7.06. The number of benzene rings is 2. The average Bonchev–Trinajstić information content (AvgIpc) is 2.92. The van der Waals surface area contributed by atoms with Gasteiger partial charge in [0.2, 0.25) is 0 Å². The Labute approximate surface area is 155 Å². The Morgan fingerprint density at radius 3 is 2.36 bits per heavy atom. The van der Waals surface area contributed by atoms with E-state index in [1.54, 1.807) is 4.57 Å². The molecule has 0 saturated carbocycles. The molecule has 1 heterocycles. The van der Waals surface area contributed by atoms with Crippen molar-refractivity contribution in [2.24, 2.45) is 0 Å². The molecule has 0 saturated heterocycles. The number of carbonyl (C=O) groups is 1. The van der Waals surface area contributed by atoms with E-state index >= 15 is 0 Å². The van der Waals surface area contributed by atoms with Crippen LogP contribution in [0.4, 0.5) is 10.1 Å². The molecule has 3 nitrogen and oxygen atoms in total. The van der Waals surface area contributed by atoms with E-state index in [4.69, 9.17) is 23.2 Å². The molecule has 0 aliphatic rings. The second-order valence-corrected chi connectivity index (χ2v) is 6.35. The maximum Gasteiger partial charge on any atom is 0.271 e. The highest BCUT2D eigenvalue weighted by Gasteiger charge is 2.26. The molecule has 2 aromatic carbocycles. The van der Waals surface area contributed by atoms with Gasteiger partial charge in [0.15, 0.2) is 0 Å². The van der Waals surface area contributed by atoms with Crippen LogP contribution in [-0.4, -0.2) is 22.9 Å². The Morgan fingerprint density at radius 1 is 1.16 bits per heavy atom. The highest BCUT2D eigenvalue weighted by Crippen LogP contribution is 2.39. The number of halogens is 3. The highest BCUT2D eigenvalue weighted by atomic mass is 35.5. The molecule has 1 aromatic heterocycles. The Balaban J connectivity index is 2.51. The fraction of sp³-hybridized carbons (Fsp3) is 0.211. The SMILES string of the molecule is CCN(CC)c1c(C(=O)Cl)n(-c2ccccc2)c2cc(Cl)c(F)cc12. The van der Waals surface area contributed by atoms with Crippen molar-refractivity contribution >= 4 is 45.0 Å². The second-order valence-electron chi connectivity index (χ2n) is 5.60. The number of nitrogens with zero attached hydrogens (tertiary/aromatic N) is 2. The molecule has 0 fully saturated rings. The zero-order valence-electron chi connectivity index (χ0n) is 13.9. The molecule has 0 unspecified atom stereocenters. The van der Waals surface area contributed by atoms with Crippen LogP contribution >= 0.6 is 23.2 Å². The summed E-state index contributed by atoms with van der Waals surface area (Å²) in [5.41, 5.74) is 2.34. The lowest BCUT2D eigenvalue weighted by Gasteiger charge is -2.21. The van der Waals surface area contributed by atoms with Crippen LogP contribution in [0.25, 0.3) is 16.6 Å². The lowest BCUT2D eigenvalue weighted by Crippen LogP contribution is -2.23. The van der Waals surface area contributed by atoms with Crippen LogP contribution in [0.5, 0.6) is 0 Å². The summed E-state index contributed by atoms with van der Waals surface area (Å²) in [7, 11) is 0. The number of hydrogen-bond acceptors (Lipinski definition) is 2. The number of aromatic nitrogens is 1. The molecule has 130 valence electrons. The average molecular weight is 379 g/mol. The van der Waals surface area contributed by atoms with Crippen molar-refractivity contribution in [1.82, 2.24) is 4.57 Å². The maximum atomic E-state index is 14.2. The van der Waals surface area contributed by atoms with E-state index in [1.165, 1.54) is 12.1 Å². The van der Waals surface area contributed by atoms with Gasteiger partial charge in [-0.15, -0.1) is 0 Å². The molecule has 0 aliphatic heterocycles. The van der Waals surface area contributed by atoms with Gasteiger partial charge in [-0.25, -0.2) is 4.39 Å². The van der Waals surface area contributed by atoms with Gasteiger partial charge >= 0.3 is 0 Å². The van der Waals surface area contributed by atoms with Crippen molar-refractivity contribution in [2.45, 2.75) is 13.8 Å². The third-order valence-corrected chi connectivity index (χ3v) is 4.73. The third kappa shape index (κ3) is 3.00. The summed E-state index contributed by atoms with van der Waals surface area (Å²) in [6, 6.07) is 12.3. The highest BCUT2D eigenvalue weighted by molar-refractivity contribution is 6.68. The van der Waals surface area contributed by atoms with Crippen LogP contribution < -0.4 is 4.90 Å². The number of rotatable bonds is 5. The standard InChI is InChI=1S/C19H17Cl2FN2O/c1-3-23(4-2)17-13-10-15(22)14(20)11-16(13)24(18(17)19(21)25)12-8-6-5-7-9-12/h5-11H,3-4H2,1-2H3. The molecule has 0 atom stereocenters. The zero-order chi connectivity index (χ0) is 18.1. The van der Waals surface area contributed by atoms with Crippen molar-refractivity contribution in [3.8, 4) is 5.69 Å². The van der Waals surface area contributed by atoms with E-state index in [0.717, 1.165) is 5.69 Å². The van der Waals surface area contributed by atoms with Crippen LogP contribution in [0.3, 0.4) is 0 Å². The summed E-state index contributed by atoms with van der Waals surface area (Å²) in [5, 5.41) is 0.0128. The smallest absolute Gasteiger partial charge is 0.271 e. The predicted octanol–water partition coefficient (Wildman–Crippen LogP) is 5.65. The minimum atomic E-state index is -0.599. The van der Waals surface area contributed by atoms with E-state index in [1.807, 2.05) is 49.1 Å². The first-order valence-corrected chi connectivity index (χ1v) is 8.78. The molecule has 0 aliphatic carbocycles. The van der Waals surface area contributed by atoms with E-state index < -0.39 is 11.1 Å². The van der Waals surface area contributed by atoms with Gasteiger partial charge < -0.3 is 9.47 Å². The summed E-state index contributed by atoms with van der Waals surface area (Å²) in [6.45, 7) is 5.27. The number of carbonyl (C=O) groups excluding carboxylic acids is 1. The van der Waals surface area contributed by atoms with Crippen molar-refractivity contribution in [3.63, 3.8) is 0 Å². The largest absolute Gasteiger partial charge is 0.370 e. The molecule has 0 spiro atoms. The van der Waals surface area contributed by atoms with Gasteiger partial charge in [0.05, 0.1) is 16.2 Å².